The van der Waals surface area contributed by atoms with Gasteiger partial charge in [-0.15, -0.1) is 11.3 Å². The molecule has 1 saturated heterocycles. The fraction of sp³-hybridized carbons (Fsp3) is 0.333. The van der Waals surface area contributed by atoms with E-state index in [9.17, 15) is 13.2 Å². The van der Waals surface area contributed by atoms with Crippen molar-refractivity contribution in [1.29, 1.82) is 0 Å². The maximum Gasteiger partial charge on any atom is 0.250 e. The van der Waals surface area contributed by atoms with Crippen LogP contribution < -0.4 is 14.8 Å². The second-order valence-corrected chi connectivity index (χ2v) is 7.58. The number of amides is 1. The molecule has 7 nitrogen and oxygen atoms in total. The molecule has 2 aromatic rings. The molecule has 112 valence electrons. The number of fused-ring (bicyclic) bond motifs is 1. The van der Waals surface area contributed by atoms with E-state index in [-0.39, 0.29) is 10.1 Å². The standard InChI is InChI=1S/C12H13N3O4S2/c1-19-10-3-2-9-8(14-10)6-11(20-9)21(17,18)15-7-4-5-13-12(7)16/h2-3,6-7,15H,4-5H2,1H3,(H,13,16)/t7-/m0/s1. The molecule has 2 N–H and O–H groups in total. The van der Waals surface area contributed by atoms with E-state index in [2.05, 4.69) is 15.0 Å². The number of sulfonamides is 1. The molecular weight excluding hydrogens is 314 g/mol. The molecule has 0 aromatic carbocycles. The molecule has 0 aliphatic carbocycles. The monoisotopic (exact) mass is 327 g/mol. The van der Waals surface area contributed by atoms with Crippen LogP contribution in [0, 0.1) is 0 Å². The summed E-state index contributed by atoms with van der Waals surface area (Å²) in [5, 5.41) is 2.59. The van der Waals surface area contributed by atoms with Crippen molar-refractivity contribution >= 4 is 37.5 Å². The Kier molecular flexibility index (Phi) is 3.56. The maximum atomic E-state index is 12.3. The van der Waals surface area contributed by atoms with Crippen LogP contribution in [0.2, 0.25) is 0 Å². The van der Waals surface area contributed by atoms with Gasteiger partial charge in [0.05, 0.1) is 17.3 Å². The fourth-order valence-electron chi connectivity index (χ4n) is 2.08. The van der Waals surface area contributed by atoms with Gasteiger partial charge in [-0.1, -0.05) is 0 Å². The van der Waals surface area contributed by atoms with Gasteiger partial charge >= 0.3 is 0 Å². The molecule has 0 bridgehead atoms. The van der Waals surface area contributed by atoms with Crippen molar-refractivity contribution in [2.24, 2.45) is 0 Å². The Bertz CT molecular complexity index is 800. The van der Waals surface area contributed by atoms with Crippen LogP contribution in [0.25, 0.3) is 10.2 Å². The van der Waals surface area contributed by atoms with Gasteiger partial charge in [-0.05, 0) is 18.6 Å². The van der Waals surface area contributed by atoms with Crippen molar-refractivity contribution in [2.45, 2.75) is 16.7 Å². The van der Waals surface area contributed by atoms with Crippen LogP contribution in [0.5, 0.6) is 5.88 Å². The summed E-state index contributed by atoms with van der Waals surface area (Å²) in [6.45, 7) is 0.483. The van der Waals surface area contributed by atoms with Gasteiger partial charge in [-0.3, -0.25) is 4.79 Å². The predicted octanol–water partition coefficient (Wildman–Crippen LogP) is 0.472. The lowest BCUT2D eigenvalue weighted by molar-refractivity contribution is -0.120. The highest BCUT2D eigenvalue weighted by Gasteiger charge is 2.30. The quantitative estimate of drug-likeness (QED) is 0.851. The number of nitrogens with zero attached hydrogens (tertiary/aromatic N) is 1. The van der Waals surface area contributed by atoms with Gasteiger partial charge in [0, 0.05) is 12.6 Å². The molecule has 1 amide bonds. The van der Waals surface area contributed by atoms with Gasteiger partial charge in [0.25, 0.3) is 10.0 Å². The Balaban J connectivity index is 1.93. The molecule has 21 heavy (non-hydrogen) atoms. The highest BCUT2D eigenvalue weighted by Crippen LogP contribution is 2.29. The Labute approximate surface area is 125 Å². The van der Waals surface area contributed by atoms with Crippen LogP contribution in [0.4, 0.5) is 0 Å². The molecular formula is C12H13N3O4S2. The number of nitrogens with one attached hydrogen (secondary N) is 2. The van der Waals surface area contributed by atoms with E-state index in [1.54, 1.807) is 12.1 Å². The second kappa shape index (κ2) is 5.24. The van der Waals surface area contributed by atoms with Crippen molar-refractivity contribution in [2.75, 3.05) is 13.7 Å². The van der Waals surface area contributed by atoms with Crippen molar-refractivity contribution < 1.29 is 17.9 Å². The van der Waals surface area contributed by atoms with Crippen molar-refractivity contribution in [3.63, 3.8) is 0 Å². The van der Waals surface area contributed by atoms with Gasteiger partial charge in [-0.25, -0.2) is 13.4 Å². The van der Waals surface area contributed by atoms with E-state index in [0.29, 0.717) is 24.4 Å². The lowest BCUT2D eigenvalue weighted by atomic mass is 10.3. The van der Waals surface area contributed by atoms with Crippen LogP contribution in [-0.4, -0.2) is 39.0 Å². The first-order valence-electron chi connectivity index (χ1n) is 6.24. The summed E-state index contributed by atoms with van der Waals surface area (Å²) in [5.74, 6) is 0.131. The molecule has 1 fully saturated rings. The highest BCUT2D eigenvalue weighted by molar-refractivity contribution is 7.91. The zero-order chi connectivity index (χ0) is 15.0. The summed E-state index contributed by atoms with van der Waals surface area (Å²) in [6.07, 6.45) is 0.453. The average Bonchev–Trinajstić information content (AvgIpc) is 3.05. The Hall–Kier alpha value is -1.71. The predicted molar refractivity (Wildman–Crippen MR) is 77.9 cm³/mol. The number of hydrogen-bond donors (Lipinski definition) is 2. The third-order valence-corrected chi connectivity index (χ3v) is 6.18. The highest BCUT2D eigenvalue weighted by atomic mass is 32.2. The SMILES string of the molecule is COc1ccc2sc(S(=O)(=O)N[C@H]3CCNC3=O)cc2n1. The smallest absolute Gasteiger partial charge is 0.250 e. The number of aromatic nitrogens is 1. The van der Waals surface area contributed by atoms with Crippen LogP contribution in [0.1, 0.15) is 6.42 Å². The lowest BCUT2D eigenvalue weighted by Crippen LogP contribution is -2.39. The summed E-state index contributed by atoms with van der Waals surface area (Å²) in [7, 11) is -2.23. The van der Waals surface area contributed by atoms with Gasteiger partial charge in [0.15, 0.2) is 0 Å². The van der Waals surface area contributed by atoms with Gasteiger partial charge < -0.3 is 10.1 Å². The third kappa shape index (κ3) is 2.71. The Morgan fingerprint density at radius 2 is 2.29 bits per heavy atom. The van der Waals surface area contributed by atoms with E-state index >= 15 is 0 Å². The van der Waals surface area contributed by atoms with Crippen molar-refractivity contribution in [3.05, 3.63) is 18.2 Å². The van der Waals surface area contributed by atoms with E-state index in [1.807, 2.05) is 0 Å². The minimum absolute atomic E-state index is 0.137. The second-order valence-electron chi connectivity index (χ2n) is 4.56. The van der Waals surface area contributed by atoms with Crippen LogP contribution >= 0.6 is 11.3 Å². The van der Waals surface area contributed by atoms with Crippen LogP contribution in [0.3, 0.4) is 0 Å². The molecule has 0 spiro atoms. The molecule has 9 heteroatoms. The fourth-order valence-corrected chi connectivity index (χ4v) is 4.65. The summed E-state index contributed by atoms with van der Waals surface area (Å²) < 4.78 is 33.0. The Morgan fingerprint density at radius 3 is 2.95 bits per heavy atom. The van der Waals surface area contributed by atoms with Crippen molar-refractivity contribution in [3.8, 4) is 5.88 Å². The first-order chi connectivity index (χ1) is 9.99. The summed E-state index contributed by atoms with van der Waals surface area (Å²) >= 11 is 1.11. The number of carbonyl (C=O) groups excluding carboxylic acids is 1. The number of ether oxygens (including phenoxy) is 1. The van der Waals surface area contributed by atoms with E-state index in [4.69, 9.17) is 4.74 Å². The van der Waals surface area contributed by atoms with Crippen LogP contribution in [0.15, 0.2) is 22.4 Å². The summed E-state index contributed by atoms with van der Waals surface area (Å²) in [6, 6.07) is 4.21. The zero-order valence-corrected chi connectivity index (χ0v) is 12.8. The number of methoxy groups -OCH3 is 1. The van der Waals surface area contributed by atoms with E-state index in [0.717, 1.165) is 16.0 Å². The molecule has 1 aliphatic heterocycles. The normalized spacial score (nSPS) is 18.9. The number of hydrogen-bond acceptors (Lipinski definition) is 6. The molecule has 1 atom stereocenters. The first-order valence-corrected chi connectivity index (χ1v) is 8.54. The topological polar surface area (TPSA) is 97.4 Å². The zero-order valence-electron chi connectivity index (χ0n) is 11.1. The summed E-state index contributed by atoms with van der Waals surface area (Å²) in [5.41, 5.74) is 0.551. The molecule has 0 saturated carbocycles. The van der Waals surface area contributed by atoms with Crippen LogP contribution in [-0.2, 0) is 14.8 Å². The molecule has 1 aliphatic rings. The lowest BCUT2D eigenvalue weighted by Gasteiger charge is -2.08. The summed E-state index contributed by atoms with van der Waals surface area (Å²) in [4.78, 5) is 15.7. The number of thiophene rings is 1. The van der Waals surface area contributed by atoms with Gasteiger partial charge in [0.2, 0.25) is 11.8 Å². The maximum absolute atomic E-state index is 12.3. The number of rotatable bonds is 4. The van der Waals surface area contributed by atoms with Gasteiger partial charge in [-0.2, -0.15) is 4.72 Å². The number of pyridine rings is 1. The number of carbonyl (C=O) groups is 1. The van der Waals surface area contributed by atoms with Gasteiger partial charge in [0.1, 0.15) is 10.3 Å². The van der Waals surface area contributed by atoms with E-state index < -0.39 is 16.1 Å². The minimum atomic E-state index is -3.73. The largest absolute Gasteiger partial charge is 0.481 e. The Morgan fingerprint density at radius 1 is 1.48 bits per heavy atom. The minimum Gasteiger partial charge on any atom is -0.481 e. The first kappa shape index (κ1) is 14.2. The third-order valence-electron chi connectivity index (χ3n) is 3.15. The molecule has 3 heterocycles. The average molecular weight is 327 g/mol. The van der Waals surface area contributed by atoms with E-state index in [1.165, 1.54) is 13.2 Å². The molecule has 2 aromatic heterocycles. The molecule has 0 unspecified atom stereocenters. The molecule has 0 radical (unpaired) electrons. The van der Waals surface area contributed by atoms with Crippen molar-refractivity contribution in [1.82, 2.24) is 15.0 Å². The molecule has 3 rings (SSSR count).